The van der Waals surface area contributed by atoms with E-state index in [-0.39, 0.29) is 23.1 Å². The zero-order valence-electron chi connectivity index (χ0n) is 21.2. The molecule has 0 spiro atoms. The molecule has 3 aromatic carbocycles. The molecule has 5 aromatic rings. The number of hydrogen-bond donors (Lipinski definition) is 2. The van der Waals surface area contributed by atoms with Gasteiger partial charge in [-0.15, -0.1) is 10.2 Å². The minimum absolute atomic E-state index is 0.125. The number of carbonyl (C=O) groups is 1. The van der Waals surface area contributed by atoms with Crippen molar-refractivity contribution in [3.63, 3.8) is 0 Å². The van der Waals surface area contributed by atoms with Crippen LogP contribution in [0.5, 0.6) is 0 Å². The van der Waals surface area contributed by atoms with Crippen LogP contribution >= 0.6 is 11.8 Å². The van der Waals surface area contributed by atoms with Crippen molar-refractivity contribution in [2.75, 3.05) is 11.1 Å². The summed E-state index contributed by atoms with van der Waals surface area (Å²) in [5.41, 5.74) is 6.52. The summed E-state index contributed by atoms with van der Waals surface area (Å²) in [6, 6.07) is 21.7. The molecule has 0 bridgehead atoms. The lowest BCUT2D eigenvalue weighted by Gasteiger charge is -2.11. The number of aryl methyl sites for hydroxylation is 3. The number of hydrogen-bond acceptors (Lipinski definition) is 6. The summed E-state index contributed by atoms with van der Waals surface area (Å²) >= 11 is 1.31. The smallest absolute Gasteiger partial charge is 0.240 e. The Morgan fingerprint density at radius 3 is 2.39 bits per heavy atom. The zero-order valence-corrected chi connectivity index (χ0v) is 22.9. The number of aromatic nitrogens is 3. The lowest BCUT2D eigenvalue weighted by atomic mass is 10.0. The third-order valence-electron chi connectivity index (χ3n) is 6.40. The van der Waals surface area contributed by atoms with Crippen LogP contribution in [0, 0.1) is 20.8 Å². The largest absolute Gasteiger partial charge is 0.325 e. The number of sulfonamides is 1. The molecule has 5 rings (SSSR count). The number of nitrogens with zero attached hydrogens (tertiary/aromatic N) is 3. The molecule has 0 radical (unpaired) electrons. The highest BCUT2D eigenvalue weighted by Crippen LogP contribution is 2.29. The van der Waals surface area contributed by atoms with Crippen LogP contribution < -0.4 is 10.0 Å². The third-order valence-corrected chi connectivity index (χ3v) is 8.75. The molecule has 0 fully saturated rings. The molecule has 2 N–H and O–H groups in total. The van der Waals surface area contributed by atoms with Gasteiger partial charge >= 0.3 is 0 Å². The fraction of sp³-hybridized carbons (Fsp3) is 0.179. The Labute approximate surface area is 225 Å². The van der Waals surface area contributed by atoms with Gasteiger partial charge in [0, 0.05) is 12.2 Å². The number of nitrogens with one attached hydrogen (secondary N) is 2. The maximum Gasteiger partial charge on any atom is 0.240 e. The molecule has 0 aliphatic carbocycles. The van der Waals surface area contributed by atoms with E-state index in [2.05, 4.69) is 52.3 Å². The fourth-order valence-electron chi connectivity index (χ4n) is 4.26. The first-order valence-electron chi connectivity index (χ1n) is 12.0. The fourth-order valence-corrected chi connectivity index (χ4v) is 6.01. The molecular formula is C28H27N5O3S2. The molecule has 38 heavy (non-hydrogen) atoms. The maximum absolute atomic E-state index is 12.7. The summed E-state index contributed by atoms with van der Waals surface area (Å²) in [7, 11) is -3.68. The molecule has 0 atom stereocenters. The quantitative estimate of drug-likeness (QED) is 0.265. The Morgan fingerprint density at radius 1 is 0.921 bits per heavy atom. The maximum atomic E-state index is 12.7. The van der Waals surface area contributed by atoms with Crippen molar-refractivity contribution >= 4 is 49.9 Å². The van der Waals surface area contributed by atoms with Crippen molar-refractivity contribution < 1.29 is 13.2 Å². The van der Waals surface area contributed by atoms with Gasteiger partial charge in [0.2, 0.25) is 15.9 Å². The first-order chi connectivity index (χ1) is 18.2. The summed E-state index contributed by atoms with van der Waals surface area (Å²) < 4.78 is 29.9. The standard InChI is InChI=1S/C28H27N5O3S2/c1-18-9-10-22-15-19(2)27-31-32-28(33(27)26(22)20(18)3)37-17-25(34)30-23-11-13-24(14-12-23)38(35,36)29-16-21-7-5-4-6-8-21/h4-15,29H,16-17H2,1-3H3,(H,30,34). The van der Waals surface area contributed by atoms with E-state index < -0.39 is 10.0 Å². The molecule has 0 aliphatic rings. The molecule has 1 amide bonds. The van der Waals surface area contributed by atoms with Gasteiger partial charge in [0.25, 0.3) is 0 Å². The molecule has 0 saturated heterocycles. The number of thioether (sulfide) groups is 1. The van der Waals surface area contributed by atoms with Crippen molar-refractivity contribution in [3.05, 3.63) is 95.1 Å². The SMILES string of the molecule is Cc1ccc2cc(C)c3nnc(SCC(=O)Nc4ccc(S(=O)(=O)NCc5ccccc5)cc4)n3c2c1C. The molecule has 0 saturated carbocycles. The normalized spacial score (nSPS) is 11.8. The van der Waals surface area contributed by atoms with Crippen LogP contribution in [-0.2, 0) is 21.4 Å². The van der Waals surface area contributed by atoms with Crippen LogP contribution in [-0.4, -0.2) is 34.7 Å². The highest BCUT2D eigenvalue weighted by atomic mass is 32.2. The predicted octanol–water partition coefficient (Wildman–Crippen LogP) is 5.02. The van der Waals surface area contributed by atoms with Gasteiger partial charge in [-0.2, -0.15) is 0 Å². The van der Waals surface area contributed by atoms with Crippen molar-refractivity contribution in [1.82, 2.24) is 19.3 Å². The summed E-state index contributed by atoms with van der Waals surface area (Å²) in [5, 5.41) is 13.3. The van der Waals surface area contributed by atoms with Crippen LogP contribution in [0.15, 0.2) is 82.8 Å². The van der Waals surface area contributed by atoms with Gasteiger partial charge in [0.1, 0.15) is 0 Å². The Kier molecular flexibility index (Phi) is 7.20. The molecule has 10 heteroatoms. The van der Waals surface area contributed by atoms with Gasteiger partial charge in [-0.05, 0) is 78.7 Å². The third kappa shape index (κ3) is 5.28. The van der Waals surface area contributed by atoms with E-state index in [1.165, 1.54) is 29.5 Å². The van der Waals surface area contributed by atoms with Gasteiger partial charge < -0.3 is 5.32 Å². The molecule has 2 aromatic heterocycles. The Hall–Kier alpha value is -3.73. The van der Waals surface area contributed by atoms with Crippen LogP contribution in [0.3, 0.4) is 0 Å². The number of anilines is 1. The summed E-state index contributed by atoms with van der Waals surface area (Å²) in [6.07, 6.45) is 0. The van der Waals surface area contributed by atoms with Crippen LogP contribution in [0.1, 0.15) is 22.3 Å². The van der Waals surface area contributed by atoms with Crippen molar-refractivity contribution in [3.8, 4) is 0 Å². The number of amides is 1. The van der Waals surface area contributed by atoms with Crippen LogP contribution in [0.4, 0.5) is 5.69 Å². The topological polar surface area (TPSA) is 105 Å². The second-order valence-corrected chi connectivity index (χ2v) is 11.8. The first-order valence-corrected chi connectivity index (χ1v) is 14.5. The Bertz CT molecular complexity index is 1750. The summed E-state index contributed by atoms with van der Waals surface area (Å²) in [5.74, 6) is -0.103. The molecule has 0 unspecified atom stereocenters. The number of rotatable bonds is 8. The summed E-state index contributed by atoms with van der Waals surface area (Å²) in [6.45, 7) is 6.35. The average Bonchev–Trinajstić information content (AvgIpc) is 3.34. The van der Waals surface area contributed by atoms with Crippen LogP contribution in [0.25, 0.3) is 16.6 Å². The second kappa shape index (κ2) is 10.6. The van der Waals surface area contributed by atoms with E-state index >= 15 is 0 Å². The lowest BCUT2D eigenvalue weighted by Crippen LogP contribution is -2.23. The van der Waals surface area contributed by atoms with Crippen LogP contribution in [0.2, 0.25) is 0 Å². The Balaban J connectivity index is 1.26. The van der Waals surface area contributed by atoms with Gasteiger partial charge in [0.05, 0.1) is 16.2 Å². The molecular weight excluding hydrogens is 518 g/mol. The second-order valence-electron chi connectivity index (χ2n) is 9.09. The Morgan fingerprint density at radius 2 is 1.66 bits per heavy atom. The van der Waals surface area contributed by atoms with E-state index in [4.69, 9.17) is 0 Å². The van der Waals surface area contributed by atoms with E-state index in [1.807, 2.05) is 41.7 Å². The van der Waals surface area contributed by atoms with E-state index in [0.717, 1.165) is 33.2 Å². The lowest BCUT2D eigenvalue weighted by molar-refractivity contribution is -0.113. The predicted molar refractivity (Wildman–Crippen MR) is 151 cm³/mol. The summed E-state index contributed by atoms with van der Waals surface area (Å²) in [4.78, 5) is 12.8. The minimum Gasteiger partial charge on any atom is -0.325 e. The number of carbonyl (C=O) groups excluding carboxylic acids is 1. The molecule has 0 aliphatic heterocycles. The molecule has 2 heterocycles. The molecule has 194 valence electrons. The number of fused-ring (bicyclic) bond motifs is 3. The van der Waals surface area contributed by atoms with Gasteiger partial charge in [-0.3, -0.25) is 9.20 Å². The van der Waals surface area contributed by atoms with E-state index in [9.17, 15) is 13.2 Å². The first kappa shape index (κ1) is 25.9. The van der Waals surface area contributed by atoms with Crippen molar-refractivity contribution in [2.45, 2.75) is 37.4 Å². The van der Waals surface area contributed by atoms with E-state index in [0.29, 0.717) is 10.8 Å². The van der Waals surface area contributed by atoms with Gasteiger partial charge in [-0.1, -0.05) is 54.2 Å². The highest BCUT2D eigenvalue weighted by Gasteiger charge is 2.17. The average molecular weight is 546 g/mol. The van der Waals surface area contributed by atoms with Crippen molar-refractivity contribution in [1.29, 1.82) is 0 Å². The van der Waals surface area contributed by atoms with Gasteiger partial charge in [-0.25, -0.2) is 13.1 Å². The monoisotopic (exact) mass is 545 g/mol. The molecule has 8 nitrogen and oxygen atoms in total. The highest BCUT2D eigenvalue weighted by molar-refractivity contribution is 7.99. The van der Waals surface area contributed by atoms with E-state index in [1.54, 1.807) is 12.1 Å². The number of pyridine rings is 1. The van der Waals surface area contributed by atoms with Gasteiger partial charge in [0.15, 0.2) is 10.8 Å². The minimum atomic E-state index is -3.68. The zero-order chi connectivity index (χ0) is 26.9. The number of benzene rings is 3. The van der Waals surface area contributed by atoms with Crippen molar-refractivity contribution in [2.24, 2.45) is 0 Å².